The second kappa shape index (κ2) is 9.72. The molecule has 1 N–H and O–H groups in total. The summed E-state index contributed by atoms with van der Waals surface area (Å²) in [4.78, 5) is 2.56. The van der Waals surface area contributed by atoms with Crippen LogP contribution in [0.4, 0.5) is 0 Å². The van der Waals surface area contributed by atoms with Crippen molar-refractivity contribution in [2.24, 2.45) is 0 Å². The maximum Gasteiger partial charge on any atom is 0.0591 e. The molecule has 0 aliphatic carbocycles. The first-order valence-electron chi connectivity index (χ1n) is 8.07. The second-order valence-electron chi connectivity index (χ2n) is 5.67. The Hall–Kier alpha value is -1.16. The Labute approximate surface area is 129 Å². The van der Waals surface area contributed by atoms with Gasteiger partial charge in [0.2, 0.25) is 0 Å². The zero-order chi connectivity index (χ0) is 14.8. The average Bonchev–Trinajstić information content (AvgIpc) is 2.98. The maximum atomic E-state index is 5.52. The summed E-state index contributed by atoms with van der Waals surface area (Å²) >= 11 is 0. The third-order valence-corrected chi connectivity index (χ3v) is 3.98. The van der Waals surface area contributed by atoms with E-state index in [9.17, 15) is 0 Å². The van der Waals surface area contributed by atoms with E-state index in [0.29, 0.717) is 6.04 Å². The fraction of sp³-hybridized carbons (Fsp3) is 0.556. The lowest BCUT2D eigenvalue weighted by Crippen LogP contribution is -2.35. The molecule has 2 rings (SSSR count). The summed E-state index contributed by atoms with van der Waals surface area (Å²) in [6, 6.07) is 11.4. The number of hydrogen-bond acceptors (Lipinski definition) is 3. The van der Waals surface area contributed by atoms with E-state index >= 15 is 0 Å². The lowest BCUT2D eigenvalue weighted by molar-refractivity contribution is 0.138. The fourth-order valence-electron chi connectivity index (χ4n) is 2.74. The first kappa shape index (κ1) is 16.2. The van der Waals surface area contributed by atoms with Gasteiger partial charge in [0.25, 0.3) is 0 Å². The number of nitrogens with one attached hydrogen (secondary N) is 1. The molecule has 0 bridgehead atoms. The van der Waals surface area contributed by atoms with Crippen LogP contribution in [0, 0.1) is 0 Å². The monoisotopic (exact) mass is 288 g/mol. The van der Waals surface area contributed by atoms with Crippen LogP contribution in [0.15, 0.2) is 43.0 Å². The van der Waals surface area contributed by atoms with Gasteiger partial charge in [-0.1, -0.05) is 36.4 Å². The van der Waals surface area contributed by atoms with Crippen LogP contribution < -0.4 is 5.32 Å². The normalized spacial score (nSPS) is 19.0. The topological polar surface area (TPSA) is 24.5 Å². The molecule has 0 aromatic heterocycles. The molecule has 3 nitrogen and oxygen atoms in total. The van der Waals surface area contributed by atoms with Crippen LogP contribution in [-0.4, -0.2) is 50.3 Å². The number of likely N-dealkylation sites (tertiary alicyclic amines) is 1. The van der Waals surface area contributed by atoms with Gasteiger partial charge in [-0.2, -0.15) is 0 Å². The van der Waals surface area contributed by atoms with Crippen LogP contribution in [0.25, 0.3) is 0 Å². The Balaban J connectivity index is 1.53. The molecule has 0 radical (unpaired) electrons. The van der Waals surface area contributed by atoms with Gasteiger partial charge in [-0.15, -0.1) is 6.58 Å². The molecule has 1 aliphatic rings. The number of nitrogens with zero attached hydrogens (tertiary/aromatic N) is 1. The molecule has 0 spiro atoms. The predicted molar refractivity (Wildman–Crippen MR) is 88.6 cm³/mol. The predicted octanol–water partition coefficient (Wildman–Crippen LogP) is 2.49. The van der Waals surface area contributed by atoms with E-state index < -0.39 is 0 Å². The SMILES string of the molecule is C=CCCOCCNC1CCN(CCc2ccccc2)C1. The van der Waals surface area contributed by atoms with Gasteiger partial charge >= 0.3 is 0 Å². The first-order chi connectivity index (χ1) is 10.4. The standard InChI is InChI=1S/C18H28N2O/c1-2-3-14-21-15-11-19-18-10-13-20(16-18)12-9-17-7-5-4-6-8-17/h2,4-8,18-19H,1,3,9-16H2. The van der Waals surface area contributed by atoms with Gasteiger partial charge in [-0.05, 0) is 31.4 Å². The second-order valence-corrected chi connectivity index (χ2v) is 5.67. The molecule has 3 heteroatoms. The Morgan fingerprint density at radius 2 is 2.14 bits per heavy atom. The Morgan fingerprint density at radius 3 is 2.95 bits per heavy atom. The molecule has 1 aromatic carbocycles. The van der Waals surface area contributed by atoms with Crippen molar-refractivity contribution in [3.05, 3.63) is 48.6 Å². The Morgan fingerprint density at radius 1 is 1.29 bits per heavy atom. The summed E-state index contributed by atoms with van der Waals surface area (Å²) in [5.41, 5.74) is 1.43. The smallest absolute Gasteiger partial charge is 0.0591 e. The summed E-state index contributed by atoms with van der Waals surface area (Å²) in [6.45, 7) is 9.77. The van der Waals surface area contributed by atoms with E-state index in [-0.39, 0.29) is 0 Å². The molecule has 1 aliphatic heterocycles. The molecule has 1 atom stereocenters. The van der Waals surface area contributed by atoms with Gasteiger partial charge < -0.3 is 15.0 Å². The zero-order valence-corrected chi connectivity index (χ0v) is 13.0. The first-order valence-corrected chi connectivity index (χ1v) is 8.07. The van der Waals surface area contributed by atoms with Gasteiger partial charge in [-0.3, -0.25) is 0 Å². The number of ether oxygens (including phenoxy) is 1. The lowest BCUT2D eigenvalue weighted by atomic mass is 10.1. The quantitative estimate of drug-likeness (QED) is 0.529. The van der Waals surface area contributed by atoms with E-state index in [0.717, 1.165) is 39.1 Å². The summed E-state index contributed by atoms with van der Waals surface area (Å²) in [5, 5.41) is 3.59. The third kappa shape index (κ3) is 6.42. The van der Waals surface area contributed by atoms with Crippen molar-refractivity contribution in [1.82, 2.24) is 10.2 Å². The van der Waals surface area contributed by atoms with Crippen LogP contribution in [0.5, 0.6) is 0 Å². The molecule has 1 unspecified atom stereocenters. The third-order valence-electron chi connectivity index (χ3n) is 3.98. The number of benzene rings is 1. The largest absolute Gasteiger partial charge is 0.380 e. The molecule has 1 heterocycles. The van der Waals surface area contributed by atoms with Crippen molar-refractivity contribution in [3.8, 4) is 0 Å². The molecular weight excluding hydrogens is 260 g/mol. The minimum absolute atomic E-state index is 0.628. The van der Waals surface area contributed by atoms with Gasteiger partial charge in [-0.25, -0.2) is 0 Å². The van der Waals surface area contributed by atoms with Gasteiger partial charge in [0.1, 0.15) is 0 Å². The van der Waals surface area contributed by atoms with E-state index in [4.69, 9.17) is 4.74 Å². The average molecular weight is 288 g/mol. The molecular formula is C18H28N2O. The summed E-state index contributed by atoms with van der Waals surface area (Å²) in [6.07, 6.45) is 5.24. The van der Waals surface area contributed by atoms with Gasteiger partial charge in [0.15, 0.2) is 0 Å². The highest BCUT2D eigenvalue weighted by molar-refractivity contribution is 5.14. The van der Waals surface area contributed by atoms with Gasteiger partial charge in [0, 0.05) is 25.7 Å². The van der Waals surface area contributed by atoms with E-state index in [2.05, 4.69) is 47.1 Å². The van der Waals surface area contributed by atoms with Crippen molar-refractivity contribution in [2.45, 2.75) is 25.3 Å². The van der Waals surface area contributed by atoms with Gasteiger partial charge in [0.05, 0.1) is 13.2 Å². The van der Waals surface area contributed by atoms with Crippen LogP contribution in [0.3, 0.4) is 0 Å². The van der Waals surface area contributed by atoms with Crippen molar-refractivity contribution in [1.29, 1.82) is 0 Å². The van der Waals surface area contributed by atoms with E-state index in [1.54, 1.807) is 0 Å². The molecule has 0 saturated carbocycles. The summed E-state index contributed by atoms with van der Waals surface area (Å²) < 4.78 is 5.52. The van der Waals surface area contributed by atoms with Crippen LogP contribution >= 0.6 is 0 Å². The van der Waals surface area contributed by atoms with Crippen molar-refractivity contribution >= 4 is 0 Å². The Kier molecular flexibility index (Phi) is 7.50. The lowest BCUT2D eigenvalue weighted by Gasteiger charge is -2.16. The fourth-order valence-corrected chi connectivity index (χ4v) is 2.74. The van der Waals surface area contributed by atoms with E-state index in [1.807, 2.05) is 6.08 Å². The molecule has 0 amide bonds. The minimum Gasteiger partial charge on any atom is -0.380 e. The molecule has 1 fully saturated rings. The highest BCUT2D eigenvalue weighted by atomic mass is 16.5. The van der Waals surface area contributed by atoms with Crippen LogP contribution in [0.2, 0.25) is 0 Å². The summed E-state index contributed by atoms with van der Waals surface area (Å²) in [5.74, 6) is 0. The number of hydrogen-bond donors (Lipinski definition) is 1. The minimum atomic E-state index is 0.628. The number of rotatable bonds is 10. The highest BCUT2D eigenvalue weighted by Gasteiger charge is 2.21. The van der Waals surface area contributed by atoms with E-state index in [1.165, 1.54) is 25.1 Å². The highest BCUT2D eigenvalue weighted by Crippen LogP contribution is 2.10. The van der Waals surface area contributed by atoms with Crippen molar-refractivity contribution in [2.75, 3.05) is 39.4 Å². The molecule has 1 aromatic rings. The van der Waals surface area contributed by atoms with Crippen molar-refractivity contribution in [3.63, 3.8) is 0 Å². The molecule has 21 heavy (non-hydrogen) atoms. The molecule has 1 saturated heterocycles. The van der Waals surface area contributed by atoms with Crippen molar-refractivity contribution < 1.29 is 4.74 Å². The van der Waals surface area contributed by atoms with Crippen LogP contribution in [-0.2, 0) is 11.2 Å². The maximum absolute atomic E-state index is 5.52. The zero-order valence-electron chi connectivity index (χ0n) is 13.0. The molecule has 116 valence electrons. The Bertz CT molecular complexity index is 393. The van der Waals surface area contributed by atoms with Crippen LogP contribution in [0.1, 0.15) is 18.4 Å². The summed E-state index contributed by atoms with van der Waals surface area (Å²) in [7, 11) is 0.